The Morgan fingerprint density at radius 3 is 2.85 bits per heavy atom. The van der Waals surface area contributed by atoms with Crippen LogP contribution in [0, 0.1) is 5.92 Å². The van der Waals surface area contributed by atoms with Gasteiger partial charge in [0.05, 0.1) is 0 Å². The lowest BCUT2D eigenvalue weighted by molar-refractivity contribution is -0.133. The van der Waals surface area contributed by atoms with Gasteiger partial charge >= 0.3 is 0 Å². The van der Waals surface area contributed by atoms with Gasteiger partial charge in [-0.1, -0.05) is 0 Å². The van der Waals surface area contributed by atoms with E-state index in [1.54, 1.807) is 0 Å². The van der Waals surface area contributed by atoms with Crippen LogP contribution >= 0.6 is 0 Å². The van der Waals surface area contributed by atoms with Crippen molar-refractivity contribution in [1.82, 2.24) is 4.90 Å². The summed E-state index contributed by atoms with van der Waals surface area (Å²) in [6, 6.07) is 0.558. The lowest BCUT2D eigenvalue weighted by Gasteiger charge is -2.27. The van der Waals surface area contributed by atoms with Crippen LogP contribution in [0.5, 0.6) is 0 Å². The SMILES string of the molecule is CC(N)CC(=O)N1CC2CCC1C2. The zero-order valence-electron chi connectivity index (χ0n) is 8.20. The van der Waals surface area contributed by atoms with Crippen molar-refractivity contribution in [2.45, 2.75) is 44.7 Å². The molecule has 2 bridgehead atoms. The Hall–Kier alpha value is -0.570. The van der Waals surface area contributed by atoms with Crippen LogP contribution < -0.4 is 5.73 Å². The molecule has 0 aromatic rings. The number of nitrogens with two attached hydrogens (primary N) is 1. The fourth-order valence-electron chi connectivity index (χ4n) is 2.62. The first-order valence-electron chi connectivity index (χ1n) is 5.22. The van der Waals surface area contributed by atoms with E-state index < -0.39 is 0 Å². The number of hydrogen-bond donors (Lipinski definition) is 1. The van der Waals surface area contributed by atoms with E-state index in [9.17, 15) is 4.79 Å². The highest BCUT2D eigenvalue weighted by molar-refractivity contribution is 5.77. The topological polar surface area (TPSA) is 46.3 Å². The van der Waals surface area contributed by atoms with Gasteiger partial charge in [0.1, 0.15) is 0 Å². The predicted molar refractivity (Wildman–Crippen MR) is 51.1 cm³/mol. The van der Waals surface area contributed by atoms with Gasteiger partial charge in [-0.3, -0.25) is 4.79 Å². The number of nitrogens with zero attached hydrogens (tertiary/aromatic N) is 1. The van der Waals surface area contributed by atoms with Crippen molar-refractivity contribution in [3.8, 4) is 0 Å². The summed E-state index contributed by atoms with van der Waals surface area (Å²) in [5, 5.41) is 0. The van der Waals surface area contributed by atoms with E-state index in [1.165, 1.54) is 19.3 Å². The van der Waals surface area contributed by atoms with Crippen molar-refractivity contribution in [3.63, 3.8) is 0 Å². The Labute approximate surface area is 79.3 Å². The molecule has 3 atom stereocenters. The van der Waals surface area contributed by atoms with Crippen LogP contribution in [0.4, 0.5) is 0 Å². The van der Waals surface area contributed by atoms with E-state index in [1.807, 2.05) is 6.92 Å². The first-order valence-corrected chi connectivity index (χ1v) is 5.22. The maximum Gasteiger partial charge on any atom is 0.224 e. The molecule has 0 spiro atoms. The molecule has 3 heteroatoms. The van der Waals surface area contributed by atoms with Crippen LogP contribution in [0.25, 0.3) is 0 Å². The third-order valence-corrected chi connectivity index (χ3v) is 3.23. The molecule has 2 fully saturated rings. The summed E-state index contributed by atoms with van der Waals surface area (Å²) in [5.41, 5.74) is 5.61. The number of carbonyl (C=O) groups excluding carboxylic acids is 1. The number of amides is 1. The molecule has 1 aliphatic carbocycles. The first kappa shape index (κ1) is 9.00. The van der Waals surface area contributed by atoms with Gasteiger partial charge in [-0.15, -0.1) is 0 Å². The van der Waals surface area contributed by atoms with E-state index in [-0.39, 0.29) is 11.9 Å². The molecule has 13 heavy (non-hydrogen) atoms. The van der Waals surface area contributed by atoms with Crippen molar-refractivity contribution < 1.29 is 4.79 Å². The Morgan fingerprint density at radius 2 is 2.38 bits per heavy atom. The molecule has 1 saturated heterocycles. The van der Waals surface area contributed by atoms with Crippen molar-refractivity contribution in [2.75, 3.05) is 6.54 Å². The minimum Gasteiger partial charge on any atom is -0.339 e. The first-order chi connectivity index (χ1) is 6.16. The van der Waals surface area contributed by atoms with Crippen molar-refractivity contribution in [2.24, 2.45) is 11.7 Å². The second-order valence-electron chi connectivity index (χ2n) is 4.56. The summed E-state index contributed by atoms with van der Waals surface area (Å²) in [4.78, 5) is 13.7. The molecule has 1 saturated carbocycles. The Kier molecular flexibility index (Phi) is 2.28. The second kappa shape index (κ2) is 3.29. The van der Waals surface area contributed by atoms with Crippen LogP contribution in [0.3, 0.4) is 0 Å². The molecule has 2 rings (SSSR count). The molecule has 2 N–H and O–H groups in total. The molecule has 2 aliphatic rings. The molecule has 0 aromatic carbocycles. The molecule has 1 amide bonds. The Bertz CT molecular complexity index is 215. The third kappa shape index (κ3) is 1.70. The van der Waals surface area contributed by atoms with Crippen LogP contribution in [-0.4, -0.2) is 29.4 Å². The highest BCUT2D eigenvalue weighted by atomic mass is 16.2. The summed E-state index contributed by atoms with van der Waals surface area (Å²) in [6.45, 7) is 2.89. The Balaban J connectivity index is 1.91. The fraction of sp³-hybridized carbons (Fsp3) is 0.900. The lowest BCUT2D eigenvalue weighted by atomic mass is 10.1. The summed E-state index contributed by atoms with van der Waals surface area (Å²) in [5.74, 6) is 1.06. The summed E-state index contributed by atoms with van der Waals surface area (Å²) in [6.07, 6.45) is 4.30. The smallest absolute Gasteiger partial charge is 0.224 e. The number of carbonyl (C=O) groups is 1. The van der Waals surface area contributed by atoms with Gasteiger partial charge in [-0.05, 0) is 32.1 Å². The molecular weight excluding hydrogens is 164 g/mol. The van der Waals surface area contributed by atoms with Crippen molar-refractivity contribution in [1.29, 1.82) is 0 Å². The maximum absolute atomic E-state index is 11.7. The molecule has 3 unspecified atom stereocenters. The number of hydrogen-bond acceptors (Lipinski definition) is 2. The van der Waals surface area contributed by atoms with Gasteiger partial charge < -0.3 is 10.6 Å². The van der Waals surface area contributed by atoms with Crippen LogP contribution in [0.2, 0.25) is 0 Å². The fourth-order valence-corrected chi connectivity index (χ4v) is 2.62. The minimum atomic E-state index is 0.00614. The van der Waals surface area contributed by atoms with Gasteiger partial charge in [0, 0.05) is 25.0 Å². The highest BCUT2D eigenvalue weighted by Gasteiger charge is 2.39. The van der Waals surface area contributed by atoms with E-state index in [0.29, 0.717) is 12.5 Å². The molecular formula is C10H18N2O. The average Bonchev–Trinajstić information content (AvgIpc) is 2.62. The molecule has 3 nitrogen and oxygen atoms in total. The standard InChI is InChI=1S/C10H18N2O/c1-7(11)4-10(13)12-6-8-2-3-9(12)5-8/h7-9H,2-6,11H2,1H3. The monoisotopic (exact) mass is 182 g/mol. The van der Waals surface area contributed by atoms with Crippen LogP contribution in [0.1, 0.15) is 32.6 Å². The van der Waals surface area contributed by atoms with Gasteiger partial charge in [0.25, 0.3) is 0 Å². The molecule has 74 valence electrons. The normalized spacial score (nSPS) is 33.8. The van der Waals surface area contributed by atoms with Crippen molar-refractivity contribution in [3.05, 3.63) is 0 Å². The van der Waals surface area contributed by atoms with Crippen LogP contribution in [0.15, 0.2) is 0 Å². The van der Waals surface area contributed by atoms with Gasteiger partial charge in [0.15, 0.2) is 0 Å². The summed E-state index contributed by atoms with van der Waals surface area (Å²) < 4.78 is 0. The largest absolute Gasteiger partial charge is 0.339 e. The zero-order valence-corrected chi connectivity index (χ0v) is 8.20. The lowest BCUT2D eigenvalue weighted by Crippen LogP contribution is -2.40. The van der Waals surface area contributed by atoms with Crippen molar-refractivity contribution >= 4 is 5.91 Å². The van der Waals surface area contributed by atoms with E-state index in [4.69, 9.17) is 5.73 Å². The zero-order chi connectivity index (χ0) is 9.42. The molecule has 1 heterocycles. The number of likely N-dealkylation sites (tertiary alicyclic amines) is 1. The summed E-state index contributed by atoms with van der Waals surface area (Å²) in [7, 11) is 0. The highest BCUT2D eigenvalue weighted by Crippen LogP contribution is 2.37. The third-order valence-electron chi connectivity index (χ3n) is 3.23. The molecule has 1 aliphatic heterocycles. The summed E-state index contributed by atoms with van der Waals surface area (Å²) >= 11 is 0. The molecule has 0 radical (unpaired) electrons. The predicted octanol–water partition coefficient (Wildman–Crippen LogP) is 0.735. The number of piperidine rings is 1. The average molecular weight is 182 g/mol. The minimum absolute atomic E-state index is 0.00614. The van der Waals surface area contributed by atoms with E-state index in [0.717, 1.165) is 12.5 Å². The second-order valence-corrected chi connectivity index (χ2v) is 4.56. The Morgan fingerprint density at radius 1 is 1.62 bits per heavy atom. The van der Waals surface area contributed by atoms with Gasteiger partial charge in [-0.2, -0.15) is 0 Å². The maximum atomic E-state index is 11.7. The number of rotatable bonds is 2. The van der Waals surface area contributed by atoms with E-state index >= 15 is 0 Å². The van der Waals surface area contributed by atoms with Crippen LogP contribution in [-0.2, 0) is 4.79 Å². The van der Waals surface area contributed by atoms with Gasteiger partial charge in [-0.25, -0.2) is 0 Å². The quantitative estimate of drug-likeness (QED) is 0.684. The van der Waals surface area contributed by atoms with E-state index in [2.05, 4.69) is 4.90 Å². The molecule has 0 aromatic heterocycles. The van der Waals surface area contributed by atoms with Gasteiger partial charge in [0.2, 0.25) is 5.91 Å². The number of fused-ring (bicyclic) bond motifs is 2.